The summed E-state index contributed by atoms with van der Waals surface area (Å²) in [4.78, 5) is 14.1. The van der Waals surface area contributed by atoms with Crippen LogP contribution in [0, 0.1) is 13.8 Å². The van der Waals surface area contributed by atoms with E-state index in [1.54, 1.807) is 19.1 Å². The highest BCUT2D eigenvalue weighted by atomic mass is 16.4. The van der Waals surface area contributed by atoms with Crippen molar-refractivity contribution < 1.29 is 14.3 Å². The number of carbonyl (C=O) groups excluding carboxylic acids is 1. The molecule has 0 fully saturated rings. The molecule has 0 aliphatic carbocycles. The molecule has 1 atom stereocenters. The van der Waals surface area contributed by atoms with Crippen molar-refractivity contribution in [1.29, 1.82) is 0 Å². The van der Waals surface area contributed by atoms with Crippen LogP contribution >= 0.6 is 0 Å². The van der Waals surface area contributed by atoms with Gasteiger partial charge in [0.2, 0.25) is 0 Å². The first kappa shape index (κ1) is 18.9. The van der Waals surface area contributed by atoms with E-state index in [-0.39, 0.29) is 12.6 Å². The van der Waals surface area contributed by atoms with E-state index in [2.05, 4.69) is 16.7 Å². The van der Waals surface area contributed by atoms with E-state index in [4.69, 9.17) is 4.42 Å². The second kappa shape index (κ2) is 7.61. The highest BCUT2D eigenvalue weighted by Gasteiger charge is 2.27. The summed E-state index contributed by atoms with van der Waals surface area (Å²) in [5, 5.41) is 15.9. The minimum absolute atomic E-state index is 0.0558. The molecule has 0 saturated heterocycles. The Morgan fingerprint density at radius 3 is 2.52 bits per heavy atom. The van der Waals surface area contributed by atoms with Crippen LogP contribution in [0.4, 0.5) is 10.5 Å². The zero-order chi connectivity index (χ0) is 18.6. The van der Waals surface area contributed by atoms with Crippen molar-refractivity contribution >= 4 is 11.7 Å². The third-order valence-electron chi connectivity index (χ3n) is 4.03. The summed E-state index contributed by atoms with van der Waals surface area (Å²) in [5.74, 6) is 1.15. The lowest BCUT2D eigenvalue weighted by atomic mass is 10.0. The molecular weight excluding hydrogens is 318 g/mol. The topological polar surface area (TPSA) is 77.7 Å². The predicted molar refractivity (Wildman–Crippen MR) is 98.8 cm³/mol. The molecule has 1 unspecified atom stereocenters. The number of nitrogens with one attached hydrogen (secondary N) is 2. The summed E-state index contributed by atoms with van der Waals surface area (Å²) < 4.78 is 5.44. The molecule has 136 valence electrons. The van der Waals surface area contributed by atoms with Crippen molar-refractivity contribution in [2.24, 2.45) is 0 Å². The van der Waals surface area contributed by atoms with E-state index in [1.807, 2.05) is 45.0 Å². The molecule has 2 rings (SSSR count). The molecule has 0 radical (unpaired) electrons. The fourth-order valence-corrected chi connectivity index (χ4v) is 2.54. The lowest BCUT2D eigenvalue weighted by Gasteiger charge is -2.22. The molecule has 25 heavy (non-hydrogen) atoms. The molecule has 0 bridgehead atoms. The first-order valence-corrected chi connectivity index (χ1v) is 8.27. The van der Waals surface area contributed by atoms with Gasteiger partial charge in [0.15, 0.2) is 0 Å². The van der Waals surface area contributed by atoms with Crippen LogP contribution in [0.2, 0.25) is 0 Å². The number of aliphatic hydroxyl groups is 1. The number of carbonyl (C=O) groups is 1. The van der Waals surface area contributed by atoms with Gasteiger partial charge in [-0.15, -0.1) is 0 Å². The molecule has 1 aromatic heterocycles. The zero-order valence-electron chi connectivity index (χ0n) is 15.5. The van der Waals surface area contributed by atoms with E-state index >= 15 is 0 Å². The van der Waals surface area contributed by atoms with Crippen LogP contribution in [0.5, 0.6) is 0 Å². The van der Waals surface area contributed by atoms with E-state index < -0.39 is 5.60 Å². The molecule has 0 aliphatic heterocycles. The number of nitrogens with zero attached hydrogens (tertiary/aromatic N) is 1. The minimum atomic E-state index is -1.26. The third kappa shape index (κ3) is 5.00. The maximum atomic E-state index is 12.1. The van der Waals surface area contributed by atoms with Crippen molar-refractivity contribution in [3.63, 3.8) is 0 Å². The van der Waals surface area contributed by atoms with Gasteiger partial charge >= 0.3 is 6.03 Å². The van der Waals surface area contributed by atoms with Crippen LogP contribution in [0.1, 0.15) is 29.6 Å². The number of aryl methyl sites for hydroxylation is 2. The number of amides is 2. The van der Waals surface area contributed by atoms with Crippen LogP contribution in [0.15, 0.2) is 34.7 Å². The average Bonchev–Trinajstić information content (AvgIpc) is 2.99. The normalized spacial score (nSPS) is 13.2. The van der Waals surface area contributed by atoms with Crippen LogP contribution in [0.25, 0.3) is 0 Å². The van der Waals surface area contributed by atoms with Gasteiger partial charge in [0.1, 0.15) is 17.1 Å². The van der Waals surface area contributed by atoms with Crippen molar-refractivity contribution in [3.8, 4) is 0 Å². The number of furan rings is 1. The van der Waals surface area contributed by atoms with Crippen LogP contribution < -0.4 is 15.5 Å². The van der Waals surface area contributed by atoms with Crippen molar-refractivity contribution in [2.75, 3.05) is 25.5 Å². The maximum Gasteiger partial charge on any atom is 0.315 e. The second-order valence-corrected chi connectivity index (χ2v) is 6.75. The Morgan fingerprint density at radius 2 is 1.92 bits per heavy atom. The lowest BCUT2D eigenvalue weighted by molar-refractivity contribution is 0.0360. The molecule has 2 aromatic rings. The SMILES string of the molecule is Cc1ccc(CNC(=O)NCC(C)(O)c2ccc(C)o2)c(N(C)C)c1. The fourth-order valence-electron chi connectivity index (χ4n) is 2.54. The molecule has 1 aromatic carbocycles. The lowest BCUT2D eigenvalue weighted by Crippen LogP contribution is -2.43. The predicted octanol–water partition coefficient (Wildman–Crippen LogP) is 2.67. The molecule has 3 N–H and O–H groups in total. The molecule has 2 amide bonds. The summed E-state index contributed by atoms with van der Waals surface area (Å²) in [6, 6.07) is 9.26. The van der Waals surface area contributed by atoms with Gasteiger partial charge < -0.3 is 25.1 Å². The second-order valence-electron chi connectivity index (χ2n) is 6.75. The molecule has 0 aliphatic rings. The Balaban J connectivity index is 1.91. The van der Waals surface area contributed by atoms with Gasteiger partial charge in [-0.05, 0) is 50.1 Å². The first-order valence-electron chi connectivity index (χ1n) is 8.27. The Kier molecular flexibility index (Phi) is 5.74. The number of urea groups is 1. The highest BCUT2D eigenvalue weighted by molar-refractivity contribution is 5.74. The van der Waals surface area contributed by atoms with Gasteiger partial charge in [-0.3, -0.25) is 0 Å². The van der Waals surface area contributed by atoms with E-state index in [9.17, 15) is 9.90 Å². The van der Waals surface area contributed by atoms with E-state index in [1.165, 1.54) is 5.56 Å². The maximum absolute atomic E-state index is 12.1. The van der Waals surface area contributed by atoms with Crippen LogP contribution in [-0.4, -0.2) is 31.8 Å². The highest BCUT2D eigenvalue weighted by Crippen LogP contribution is 2.22. The number of hydrogen-bond acceptors (Lipinski definition) is 4. The Morgan fingerprint density at radius 1 is 1.20 bits per heavy atom. The van der Waals surface area contributed by atoms with Gasteiger partial charge in [-0.25, -0.2) is 4.79 Å². The molecular formula is C19H27N3O3. The molecule has 1 heterocycles. The van der Waals surface area contributed by atoms with Crippen molar-refractivity contribution in [2.45, 2.75) is 32.9 Å². The van der Waals surface area contributed by atoms with Gasteiger partial charge in [-0.1, -0.05) is 12.1 Å². The number of benzene rings is 1. The third-order valence-corrected chi connectivity index (χ3v) is 4.03. The number of hydrogen-bond donors (Lipinski definition) is 3. The number of rotatable bonds is 6. The Labute approximate surface area is 148 Å². The minimum Gasteiger partial charge on any atom is -0.463 e. The zero-order valence-corrected chi connectivity index (χ0v) is 15.5. The van der Waals surface area contributed by atoms with Gasteiger partial charge in [0, 0.05) is 26.3 Å². The quantitative estimate of drug-likeness (QED) is 0.752. The Hall–Kier alpha value is -2.47. The monoisotopic (exact) mass is 345 g/mol. The van der Waals surface area contributed by atoms with Gasteiger partial charge in [0.05, 0.1) is 6.54 Å². The number of anilines is 1. The smallest absolute Gasteiger partial charge is 0.315 e. The molecule has 0 spiro atoms. The summed E-state index contributed by atoms with van der Waals surface area (Å²) in [6.07, 6.45) is 0. The largest absolute Gasteiger partial charge is 0.463 e. The summed E-state index contributed by atoms with van der Waals surface area (Å²) >= 11 is 0. The molecule has 6 nitrogen and oxygen atoms in total. The van der Waals surface area contributed by atoms with Crippen LogP contribution in [0.3, 0.4) is 0 Å². The first-order chi connectivity index (χ1) is 11.7. The van der Waals surface area contributed by atoms with Crippen molar-refractivity contribution in [3.05, 3.63) is 53.0 Å². The standard InChI is InChI=1S/C19H27N3O3/c1-13-6-8-15(16(10-13)22(4)5)11-20-18(23)21-12-19(3,24)17-9-7-14(2)25-17/h6-10,24H,11-12H2,1-5H3,(H2,20,21,23). The molecule has 0 saturated carbocycles. The summed E-state index contributed by atoms with van der Waals surface area (Å²) in [7, 11) is 3.95. The van der Waals surface area contributed by atoms with E-state index in [0.717, 1.165) is 17.0 Å². The summed E-state index contributed by atoms with van der Waals surface area (Å²) in [5.41, 5.74) is 2.00. The van der Waals surface area contributed by atoms with Gasteiger partial charge in [0.25, 0.3) is 0 Å². The van der Waals surface area contributed by atoms with E-state index in [0.29, 0.717) is 12.3 Å². The Bertz CT molecular complexity index is 735. The van der Waals surface area contributed by atoms with Crippen LogP contribution in [-0.2, 0) is 12.1 Å². The van der Waals surface area contributed by atoms with Crippen molar-refractivity contribution in [1.82, 2.24) is 10.6 Å². The van der Waals surface area contributed by atoms with Gasteiger partial charge in [-0.2, -0.15) is 0 Å². The summed E-state index contributed by atoms with van der Waals surface area (Å²) in [6.45, 7) is 5.91. The molecule has 6 heteroatoms. The average molecular weight is 345 g/mol. The fraction of sp³-hybridized carbons (Fsp3) is 0.421.